The maximum atomic E-state index is 13.3. The fourth-order valence-electron chi connectivity index (χ4n) is 5.58. The molecule has 0 aliphatic carbocycles. The van der Waals surface area contributed by atoms with Crippen molar-refractivity contribution < 1.29 is 22.7 Å². The molecule has 214 valence electrons. The number of nitriles is 1. The second-order valence-electron chi connectivity index (χ2n) is 10.3. The Labute approximate surface area is 236 Å². The van der Waals surface area contributed by atoms with E-state index in [-0.39, 0.29) is 17.4 Å². The molecule has 3 aromatic rings. The minimum absolute atomic E-state index is 0.0269. The third-order valence-electron chi connectivity index (χ3n) is 7.84. The van der Waals surface area contributed by atoms with E-state index in [9.17, 15) is 23.2 Å². The number of nitrogens with zero attached hydrogens (tertiary/aromatic N) is 4. The van der Waals surface area contributed by atoms with E-state index in [1.807, 2.05) is 42.2 Å². The van der Waals surface area contributed by atoms with Gasteiger partial charge in [0.05, 0.1) is 46.1 Å². The summed E-state index contributed by atoms with van der Waals surface area (Å²) < 4.78 is 45.4. The van der Waals surface area contributed by atoms with Crippen molar-refractivity contribution in [2.45, 2.75) is 37.9 Å². The maximum Gasteiger partial charge on any atom is 0.416 e. The highest BCUT2D eigenvalue weighted by Gasteiger charge is 2.40. The molecule has 0 bridgehead atoms. The van der Waals surface area contributed by atoms with E-state index in [0.29, 0.717) is 56.3 Å². The standard InChI is InChI=1S/C30H31F3N6O2/c1-2-41-28-24(4-3-12-36-28)25-7-5-23(19-37-25)29(38-27(40)20-9-13-35-18-20)10-14-39(15-11-29)26-8-6-22(30(31,32)33)16-21(26)17-34/h3-8,12,16,19-20,35H,2,9-11,13-15,18H2,1H3,(H,38,40)/t20-/m1/s1. The van der Waals surface area contributed by atoms with Gasteiger partial charge in [-0.1, -0.05) is 6.07 Å². The van der Waals surface area contributed by atoms with Gasteiger partial charge in [0.15, 0.2) is 0 Å². The Morgan fingerprint density at radius 1 is 1.22 bits per heavy atom. The highest BCUT2D eigenvalue weighted by Crippen LogP contribution is 2.38. The first-order valence-corrected chi connectivity index (χ1v) is 13.7. The summed E-state index contributed by atoms with van der Waals surface area (Å²) >= 11 is 0. The molecule has 0 unspecified atom stereocenters. The Kier molecular flexibility index (Phi) is 8.13. The molecule has 2 aliphatic heterocycles. The summed E-state index contributed by atoms with van der Waals surface area (Å²) in [6.07, 6.45) is 0.626. The summed E-state index contributed by atoms with van der Waals surface area (Å²) in [4.78, 5) is 24.2. The molecular weight excluding hydrogens is 533 g/mol. The number of nitrogens with one attached hydrogen (secondary N) is 2. The Bertz CT molecular complexity index is 1420. The summed E-state index contributed by atoms with van der Waals surface area (Å²) in [6, 6.07) is 12.7. The first kappa shape index (κ1) is 28.4. The Hall–Kier alpha value is -4.17. The summed E-state index contributed by atoms with van der Waals surface area (Å²) in [6.45, 7) is 4.62. The van der Waals surface area contributed by atoms with E-state index in [0.717, 1.165) is 36.2 Å². The average molecular weight is 565 g/mol. The molecule has 0 saturated carbocycles. The van der Waals surface area contributed by atoms with Crippen molar-refractivity contribution in [3.63, 3.8) is 0 Å². The van der Waals surface area contributed by atoms with Crippen LogP contribution in [0, 0.1) is 17.2 Å². The number of anilines is 1. The van der Waals surface area contributed by atoms with Crippen LogP contribution in [0.1, 0.15) is 42.9 Å². The monoisotopic (exact) mass is 564 g/mol. The molecule has 0 radical (unpaired) electrons. The van der Waals surface area contributed by atoms with Crippen LogP contribution < -0.4 is 20.3 Å². The third kappa shape index (κ3) is 5.98. The van der Waals surface area contributed by atoms with Crippen LogP contribution >= 0.6 is 0 Å². The number of pyridine rings is 2. The largest absolute Gasteiger partial charge is 0.477 e. The number of hydrogen-bond donors (Lipinski definition) is 2. The number of alkyl halides is 3. The number of benzene rings is 1. The zero-order chi connectivity index (χ0) is 29.0. The second kappa shape index (κ2) is 11.7. The summed E-state index contributed by atoms with van der Waals surface area (Å²) in [5.74, 6) is 0.317. The van der Waals surface area contributed by atoms with Crippen LogP contribution in [0.15, 0.2) is 54.9 Å². The lowest BCUT2D eigenvalue weighted by Crippen LogP contribution is -2.54. The fourth-order valence-corrected chi connectivity index (χ4v) is 5.58. The van der Waals surface area contributed by atoms with Crippen molar-refractivity contribution in [2.24, 2.45) is 5.92 Å². The number of rotatable bonds is 7. The van der Waals surface area contributed by atoms with Crippen LogP contribution in [0.4, 0.5) is 18.9 Å². The molecule has 2 aromatic heterocycles. The third-order valence-corrected chi connectivity index (χ3v) is 7.84. The summed E-state index contributed by atoms with van der Waals surface area (Å²) in [5, 5.41) is 16.1. The molecule has 5 rings (SSSR count). The lowest BCUT2D eigenvalue weighted by Gasteiger charge is -2.44. The van der Waals surface area contributed by atoms with Crippen LogP contribution in [-0.4, -0.2) is 48.7 Å². The van der Waals surface area contributed by atoms with E-state index in [1.165, 1.54) is 6.07 Å². The van der Waals surface area contributed by atoms with E-state index < -0.39 is 17.3 Å². The van der Waals surface area contributed by atoms with Crippen molar-refractivity contribution >= 4 is 11.6 Å². The molecule has 2 saturated heterocycles. The van der Waals surface area contributed by atoms with Gasteiger partial charge in [0.1, 0.15) is 6.07 Å². The van der Waals surface area contributed by atoms with Gasteiger partial charge in [-0.3, -0.25) is 9.78 Å². The first-order valence-electron chi connectivity index (χ1n) is 13.7. The molecule has 2 aliphatic rings. The van der Waals surface area contributed by atoms with E-state index in [1.54, 1.807) is 12.4 Å². The van der Waals surface area contributed by atoms with E-state index in [4.69, 9.17) is 9.72 Å². The van der Waals surface area contributed by atoms with Crippen molar-refractivity contribution in [2.75, 3.05) is 37.7 Å². The average Bonchev–Trinajstić information content (AvgIpc) is 3.53. The van der Waals surface area contributed by atoms with E-state index >= 15 is 0 Å². The lowest BCUT2D eigenvalue weighted by atomic mass is 9.80. The van der Waals surface area contributed by atoms with Crippen molar-refractivity contribution in [3.05, 3.63) is 71.5 Å². The van der Waals surface area contributed by atoms with Crippen LogP contribution in [0.5, 0.6) is 5.88 Å². The van der Waals surface area contributed by atoms with E-state index in [2.05, 4.69) is 15.6 Å². The first-order chi connectivity index (χ1) is 19.7. The summed E-state index contributed by atoms with van der Waals surface area (Å²) in [5.41, 5.74) is 1.14. The highest BCUT2D eigenvalue weighted by atomic mass is 19.4. The zero-order valence-corrected chi connectivity index (χ0v) is 22.7. The Balaban J connectivity index is 1.43. The summed E-state index contributed by atoms with van der Waals surface area (Å²) in [7, 11) is 0. The smallest absolute Gasteiger partial charge is 0.416 e. The predicted molar refractivity (Wildman–Crippen MR) is 147 cm³/mol. The van der Waals surface area contributed by atoms with Crippen LogP contribution in [-0.2, 0) is 16.5 Å². The number of halogens is 3. The van der Waals surface area contributed by atoms with Gasteiger partial charge in [-0.2, -0.15) is 18.4 Å². The van der Waals surface area contributed by atoms with Gasteiger partial charge in [0, 0.05) is 32.0 Å². The molecule has 1 amide bonds. The topological polar surface area (TPSA) is 103 Å². The van der Waals surface area contributed by atoms with Crippen molar-refractivity contribution in [3.8, 4) is 23.2 Å². The van der Waals surface area contributed by atoms with Gasteiger partial charge in [0.25, 0.3) is 0 Å². The van der Waals surface area contributed by atoms with Crippen LogP contribution in [0.25, 0.3) is 11.3 Å². The number of aromatic nitrogens is 2. The molecule has 0 spiro atoms. The Morgan fingerprint density at radius 3 is 2.66 bits per heavy atom. The number of amides is 1. The molecule has 2 N–H and O–H groups in total. The molecule has 8 nitrogen and oxygen atoms in total. The molecule has 41 heavy (non-hydrogen) atoms. The Morgan fingerprint density at radius 2 is 2.02 bits per heavy atom. The zero-order valence-electron chi connectivity index (χ0n) is 22.7. The molecule has 2 fully saturated rings. The van der Waals surface area contributed by atoms with Gasteiger partial charge in [0.2, 0.25) is 11.8 Å². The number of carbonyl (C=O) groups is 1. The minimum atomic E-state index is -4.53. The molecule has 11 heteroatoms. The van der Waals surface area contributed by atoms with Gasteiger partial charge in [-0.25, -0.2) is 4.98 Å². The van der Waals surface area contributed by atoms with Gasteiger partial charge < -0.3 is 20.3 Å². The maximum absolute atomic E-state index is 13.3. The predicted octanol–water partition coefficient (Wildman–Crippen LogP) is 4.65. The van der Waals surface area contributed by atoms with Gasteiger partial charge in [-0.05, 0) is 74.7 Å². The molecule has 4 heterocycles. The molecular formula is C30H31F3N6O2. The number of carbonyl (C=O) groups excluding carboxylic acids is 1. The quantitative estimate of drug-likeness (QED) is 0.431. The lowest BCUT2D eigenvalue weighted by molar-refractivity contribution is -0.137. The molecule has 1 atom stereocenters. The second-order valence-corrected chi connectivity index (χ2v) is 10.3. The number of piperidine rings is 1. The molecule has 1 aromatic carbocycles. The SMILES string of the molecule is CCOc1ncccc1-c1ccc(C2(NC(=O)[C@@H]3CCNC3)CCN(c3ccc(C(F)(F)F)cc3C#N)CC2)cn1. The fraction of sp³-hybridized carbons (Fsp3) is 0.400. The normalized spacial score (nSPS) is 18.5. The van der Waals surface area contributed by atoms with Crippen molar-refractivity contribution in [1.82, 2.24) is 20.6 Å². The number of hydrogen-bond acceptors (Lipinski definition) is 7. The van der Waals surface area contributed by atoms with Crippen LogP contribution in [0.2, 0.25) is 0 Å². The highest BCUT2D eigenvalue weighted by molar-refractivity contribution is 5.80. The number of ether oxygens (including phenoxy) is 1. The van der Waals surface area contributed by atoms with Gasteiger partial charge in [-0.15, -0.1) is 0 Å². The van der Waals surface area contributed by atoms with Crippen LogP contribution in [0.3, 0.4) is 0 Å². The minimum Gasteiger partial charge on any atom is -0.477 e. The van der Waals surface area contributed by atoms with Crippen molar-refractivity contribution in [1.29, 1.82) is 5.26 Å². The van der Waals surface area contributed by atoms with Gasteiger partial charge >= 0.3 is 6.18 Å².